The van der Waals surface area contributed by atoms with Crippen LogP contribution in [0.15, 0.2) is 179 Å². The molecule has 6 heterocycles. The second-order valence-electron chi connectivity index (χ2n) is 15.3. The Kier molecular flexibility index (Phi) is 5.68. The average molecular weight is 741 g/mol. The molecule has 0 amide bonds. The highest BCUT2D eigenvalue weighted by atomic mass is 16.3. The molecule has 0 saturated carbocycles. The summed E-state index contributed by atoms with van der Waals surface area (Å²) in [5.74, 6) is 0.727. The summed E-state index contributed by atoms with van der Waals surface area (Å²) in [4.78, 5) is 10.9. The molecule has 58 heavy (non-hydrogen) atoms. The average Bonchev–Trinajstić information content (AvgIpc) is 4.00. The summed E-state index contributed by atoms with van der Waals surface area (Å²) in [7, 11) is 0. The molecular weight excluding hydrogens is 713 g/mol. The van der Waals surface area contributed by atoms with Gasteiger partial charge < -0.3 is 13.4 Å². The van der Waals surface area contributed by atoms with Crippen molar-refractivity contribution in [2.75, 3.05) is 0 Å². The van der Waals surface area contributed by atoms with E-state index in [9.17, 15) is 0 Å². The first-order valence-corrected chi connectivity index (χ1v) is 19.6. The molecule has 0 unspecified atom stereocenters. The third-order valence-electron chi connectivity index (χ3n) is 12.3. The lowest BCUT2D eigenvalue weighted by Gasteiger charge is -2.13. The zero-order valence-corrected chi connectivity index (χ0v) is 30.8. The van der Waals surface area contributed by atoms with Crippen LogP contribution >= 0.6 is 0 Å². The Morgan fingerprint density at radius 1 is 0.379 bits per heavy atom. The van der Waals surface area contributed by atoms with Gasteiger partial charge in [0.25, 0.3) is 0 Å². The number of rotatable bonds is 2. The Morgan fingerprint density at radius 3 is 1.86 bits per heavy atom. The quantitative estimate of drug-likeness (QED) is 0.177. The van der Waals surface area contributed by atoms with E-state index in [1.54, 1.807) is 0 Å². The number of nitrogens with zero attached hydrogens (tertiary/aromatic N) is 4. The van der Waals surface area contributed by atoms with Gasteiger partial charge >= 0.3 is 0 Å². The molecule has 1 aliphatic heterocycles. The van der Waals surface area contributed by atoms with E-state index in [-0.39, 0.29) is 0 Å². The number of para-hydroxylation sites is 5. The number of hydrogen-bond donors (Lipinski definition) is 0. The molecule has 0 N–H and O–H groups in total. The van der Waals surface area contributed by atoms with Crippen molar-refractivity contribution in [3.63, 3.8) is 0 Å². The van der Waals surface area contributed by atoms with Crippen molar-refractivity contribution in [1.82, 2.24) is 19.1 Å². The highest BCUT2D eigenvalue weighted by Crippen LogP contribution is 2.48. The Hall–Kier alpha value is -7.96. The van der Waals surface area contributed by atoms with Gasteiger partial charge in [-0.05, 0) is 65.7 Å². The maximum atomic E-state index is 6.41. The SMILES string of the molecule is c1ccc2c(c1)-c1ccccc1-n1c3cc4c5ccccc5n(-c5nc6c(nc5-c5ccc7c(c5)oc5ccccc57)oc5ccccc56)c4cc3c3cccc-2c31. The van der Waals surface area contributed by atoms with Crippen LogP contribution in [0, 0.1) is 0 Å². The molecule has 0 bridgehead atoms. The molecule has 6 nitrogen and oxygen atoms in total. The fraction of sp³-hybridized carbons (Fsp3) is 0. The lowest BCUT2D eigenvalue weighted by atomic mass is 9.94. The van der Waals surface area contributed by atoms with E-state index >= 15 is 0 Å². The van der Waals surface area contributed by atoms with Gasteiger partial charge in [0.1, 0.15) is 28.0 Å². The second-order valence-corrected chi connectivity index (χ2v) is 15.3. The smallest absolute Gasteiger partial charge is 0.247 e. The van der Waals surface area contributed by atoms with E-state index in [1.807, 2.05) is 36.4 Å². The van der Waals surface area contributed by atoms with Gasteiger partial charge in [0.15, 0.2) is 5.82 Å². The molecule has 0 aliphatic carbocycles. The Bertz CT molecular complexity index is 3930. The van der Waals surface area contributed by atoms with Crippen LogP contribution in [0.5, 0.6) is 0 Å². The first-order valence-electron chi connectivity index (χ1n) is 19.6. The summed E-state index contributed by atoms with van der Waals surface area (Å²) in [5, 5.41) is 7.73. The lowest BCUT2D eigenvalue weighted by molar-refractivity contribution is 0.653. The van der Waals surface area contributed by atoms with E-state index in [0.29, 0.717) is 11.4 Å². The third-order valence-corrected chi connectivity index (χ3v) is 12.3. The zero-order valence-electron chi connectivity index (χ0n) is 30.8. The molecule has 0 spiro atoms. The molecular formula is C52H28N4O2. The van der Waals surface area contributed by atoms with Crippen molar-refractivity contribution in [3.05, 3.63) is 170 Å². The van der Waals surface area contributed by atoms with Gasteiger partial charge in [-0.3, -0.25) is 4.57 Å². The van der Waals surface area contributed by atoms with Crippen molar-refractivity contribution in [2.24, 2.45) is 0 Å². The molecule has 0 radical (unpaired) electrons. The van der Waals surface area contributed by atoms with Crippen LogP contribution < -0.4 is 0 Å². The van der Waals surface area contributed by atoms with Crippen molar-refractivity contribution >= 4 is 87.7 Å². The molecule has 0 saturated heterocycles. The van der Waals surface area contributed by atoms with Gasteiger partial charge in [0.2, 0.25) is 5.71 Å². The topological polar surface area (TPSA) is 61.9 Å². The lowest BCUT2D eigenvalue weighted by Crippen LogP contribution is -2.03. The van der Waals surface area contributed by atoms with E-state index < -0.39 is 0 Å². The minimum absolute atomic E-state index is 0.497. The van der Waals surface area contributed by atoms with Gasteiger partial charge in [-0.25, -0.2) is 9.97 Å². The maximum Gasteiger partial charge on any atom is 0.247 e. The van der Waals surface area contributed by atoms with Crippen molar-refractivity contribution in [1.29, 1.82) is 0 Å². The molecule has 8 aromatic carbocycles. The Balaban J connectivity index is 1.13. The first-order chi connectivity index (χ1) is 28.8. The molecule has 13 aromatic rings. The number of fused-ring (bicyclic) bond motifs is 17. The largest absolute Gasteiger partial charge is 0.456 e. The predicted octanol–water partition coefficient (Wildman–Crippen LogP) is 13.8. The zero-order chi connectivity index (χ0) is 37.6. The van der Waals surface area contributed by atoms with Gasteiger partial charge in [-0.1, -0.05) is 115 Å². The summed E-state index contributed by atoms with van der Waals surface area (Å²) >= 11 is 0. The molecule has 1 aliphatic rings. The summed E-state index contributed by atoms with van der Waals surface area (Å²) in [6.45, 7) is 0. The summed E-state index contributed by atoms with van der Waals surface area (Å²) in [6.07, 6.45) is 0. The van der Waals surface area contributed by atoms with Crippen LogP contribution in [0.1, 0.15) is 0 Å². The van der Waals surface area contributed by atoms with Gasteiger partial charge in [0.05, 0.1) is 27.8 Å². The highest BCUT2D eigenvalue weighted by molar-refractivity contribution is 6.22. The molecule has 5 aromatic heterocycles. The molecule has 268 valence electrons. The number of aromatic nitrogens is 4. The minimum Gasteiger partial charge on any atom is -0.456 e. The van der Waals surface area contributed by atoms with Crippen LogP contribution in [-0.4, -0.2) is 19.1 Å². The molecule has 6 heteroatoms. The van der Waals surface area contributed by atoms with E-state index in [4.69, 9.17) is 18.8 Å². The monoisotopic (exact) mass is 740 g/mol. The van der Waals surface area contributed by atoms with Gasteiger partial charge in [-0.15, -0.1) is 0 Å². The van der Waals surface area contributed by atoms with Gasteiger partial charge in [0, 0.05) is 54.4 Å². The van der Waals surface area contributed by atoms with E-state index in [2.05, 4.69) is 143 Å². The highest BCUT2D eigenvalue weighted by Gasteiger charge is 2.27. The second kappa shape index (κ2) is 10.9. The normalized spacial score (nSPS) is 12.5. The van der Waals surface area contributed by atoms with E-state index in [1.165, 1.54) is 44.2 Å². The van der Waals surface area contributed by atoms with Gasteiger partial charge in [-0.2, -0.15) is 0 Å². The molecule has 0 atom stereocenters. The number of furan rings is 2. The summed E-state index contributed by atoms with van der Waals surface area (Å²) < 4.78 is 17.6. The minimum atomic E-state index is 0.497. The fourth-order valence-electron chi connectivity index (χ4n) is 9.81. The van der Waals surface area contributed by atoms with Crippen molar-refractivity contribution < 1.29 is 8.83 Å². The van der Waals surface area contributed by atoms with Crippen LogP contribution in [-0.2, 0) is 0 Å². The third kappa shape index (κ3) is 3.86. The standard InChI is InChI=1S/C52H28N4O2/c1-2-13-31-30(12-1)32-14-3-7-20-41(32)55-43-27-39-33-15-4-8-21-42(33)56(44(39)28-40(43)37-19-11-18-36(31)50(37)55)51-48(54-52-49(53-51)38-17-6-10-23-46(38)58-52)29-24-25-35-34-16-5-9-22-45(34)57-47(35)26-29/h1-28H. The first kappa shape index (κ1) is 30.3. The Labute approximate surface area is 329 Å². The van der Waals surface area contributed by atoms with Crippen LogP contribution in [0.2, 0.25) is 0 Å². The Morgan fingerprint density at radius 2 is 1.00 bits per heavy atom. The molecule has 14 rings (SSSR count). The maximum absolute atomic E-state index is 6.41. The fourth-order valence-corrected chi connectivity index (χ4v) is 9.81. The van der Waals surface area contributed by atoms with Crippen LogP contribution in [0.3, 0.4) is 0 Å². The summed E-state index contributed by atoms with van der Waals surface area (Å²) in [6, 6.07) is 60.3. The van der Waals surface area contributed by atoms with E-state index in [0.717, 1.165) is 77.1 Å². The van der Waals surface area contributed by atoms with Crippen molar-refractivity contribution in [2.45, 2.75) is 0 Å². The van der Waals surface area contributed by atoms with Crippen LogP contribution in [0.4, 0.5) is 0 Å². The van der Waals surface area contributed by atoms with Crippen LogP contribution in [0.25, 0.3) is 133 Å². The molecule has 0 fully saturated rings. The predicted molar refractivity (Wildman–Crippen MR) is 235 cm³/mol. The number of hydrogen-bond acceptors (Lipinski definition) is 4. The summed E-state index contributed by atoms with van der Waals surface area (Å²) in [5.41, 5.74) is 15.8. The van der Waals surface area contributed by atoms with Crippen molar-refractivity contribution in [3.8, 4) is 45.0 Å². The number of benzene rings is 8.